The summed E-state index contributed by atoms with van der Waals surface area (Å²) in [5.41, 5.74) is 6.66. The third-order valence-corrected chi connectivity index (χ3v) is 3.60. The van der Waals surface area contributed by atoms with Gasteiger partial charge in [0.25, 0.3) is 5.91 Å². The van der Waals surface area contributed by atoms with E-state index >= 15 is 0 Å². The Morgan fingerprint density at radius 1 is 1.33 bits per heavy atom. The lowest BCUT2D eigenvalue weighted by Crippen LogP contribution is -2.12. The monoisotopic (exact) mass is 302 g/mol. The lowest BCUT2D eigenvalue weighted by molar-refractivity contribution is 0.102. The Kier molecular flexibility index (Phi) is 3.70. The molecule has 0 fully saturated rings. The lowest BCUT2D eigenvalue weighted by atomic mass is 10.2. The second-order valence-corrected chi connectivity index (χ2v) is 5.30. The van der Waals surface area contributed by atoms with Gasteiger partial charge in [-0.25, -0.2) is 0 Å². The van der Waals surface area contributed by atoms with Crippen molar-refractivity contribution in [1.29, 1.82) is 0 Å². The van der Waals surface area contributed by atoms with Crippen molar-refractivity contribution < 1.29 is 4.79 Å². The smallest absolute Gasteiger partial charge is 0.286 e. The quantitative estimate of drug-likeness (QED) is 0.893. The van der Waals surface area contributed by atoms with Crippen molar-refractivity contribution in [3.05, 3.63) is 32.7 Å². The second-order valence-electron chi connectivity index (χ2n) is 3.48. The number of aromatic nitrogens is 2. The number of nitrogen functional groups attached to an aromatic ring is 1. The van der Waals surface area contributed by atoms with Crippen molar-refractivity contribution in [2.75, 3.05) is 11.1 Å². The number of halogens is 2. The molecule has 0 atom stereocenters. The highest BCUT2D eigenvalue weighted by Gasteiger charge is 2.14. The van der Waals surface area contributed by atoms with Crippen LogP contribution < -0.4 is 11.1 Å². The van der Waals surface area contributed by atoms with Gasteiger partial charge >= 0.3 is 0 Å². The van der Waals surface area contributed by atoms with E-state index in [9.17, 15) is 4.79 Å². The Morgan fingerprint density at radius 3 is 2.67 bits per heavy atom. The van der Waals surface area contributed by atoms with E-state index in [1.807, 2.05) is 6.92 Å². The van der Waals surface area contributed by atoms with Crippen LogP contribution in [0.25, 0.3) is 0 Å². The van der Waals surface area contributed by atoms with Crippen LogP contribution in [-0.2, 0) is 0 Å². The third-order valence-electron chi connectivity index (χ3n) is 2.13. The highest BCUT2D eigenvalue weighted by atomic mass is 35.5. The number of nitrogens with zero attached hydrogens (tertiary/aromatic N) is 2. The largest absolute Gasteiger partial charge is 0.374 e. The summed E-state index contributed by atoms with van der Waals surface area (Å²) >= 11 is 13.0. The van der Waals surface area contributed by atoms with E-state index < -0.39 is 5.91 Å². The van der Waals surface area contributed by atoms with Crippen molar-refractivity contribution in [2.24, 2.45) is 0 Å². The van der Waals surface area contributed by atoms with E-state index in [1.165, 1.54) is 0 Å². The molecule has 2 aromatic rings. The van der Waals surface area contributed by atoms with Crippen molar-refractivity contribution in [3.8, 4) is 0 Å². The van der Waals surface area contributed by atoms with Gasteiger partial charge in [0.2, 0.25) is 10.1 Å². The zero-order chi connectivity index (χ0) is 13.3. The first kappa shape index (κ1) is 13.1. The average molecular weight is 303 g/mol. The number of amides is 1. The number of hydrogen-bond acceptors (Lipinski definition) is 5. The number of nitrogens with one attached hydrogen (secondary N) is 1. The number of hydrogen-bond donors (Lipinski definition) is 2. The Morgan fingerprint density at radius 2 is 2.06 bits per heavy atom. The SMILES string of the molecule is Cc1cc(Cl)c(NC(=O)c2nnc(N)s2)cc1Cl. The van der Waals surface area contributed by atoms with Gasteiger partial charge in [-0.1, -0.05) is 34.5 Å². The number of carbonyl (C=O) groups excluding carboxylic acids is 1. The summed E-state index contributed by atoms with van der Waals surface area (Å²) in [6.45, 7) is 1.82. The maximum atomic E-state index is 11.8. The summed E-state index contributed by atoms with van der Waals surface area (Å²) in [4.78, 5) is 11.8. The Bertz CT molecular complexity index is 614. The number of carbonyl (C=O) groups is 1. The summed E-state index contributed by atoms with van der Waals surface area (Å²) in [7, 11) is 0. The summed E-state index contributed by atoms with van der Waals surface area (Å²) in [6, 6.07) is 3.26. The Labute approximate surface area is 117 Å². The summed E-state index contributed by atoms with van der Waals surface area (Å²) < 4.78 is 0. The standard InChI is InChI=1S/C10H8Cl2N4OS/c1-4-2-6(12)7(3-5(4)11)14-8(17)9-15-16-10(13)18-9/h2-3H,1H3,(H2,13,16)(H,14,17). The maximum absolute atomic E-state index is 11.8. The Balaban J connectivity index is 2.24. The molecule has 0 aliphatic carbocycles. The fraction of sp³-hybridized carbons (Fsp3) is 0.100. The van der Waals surface area contributed by atoms with Gasteiger partial charge in [0.15, 0.2) is 0 Å². The van der Waals surface area contributed by atoms with Gasteiger partial charge in [0, 0.05) is 5.02 Å². The molecule has 1 aromatic heterocycles. The molecule has 0 saturated carbocycles. The predicted octanol–water partition coefficient (Wildman–Crippen LogP) is 2.99. The van der Waals surface area contributed by atoms with E-state index in [4.69, 9.17) is 28.9 Å². The Hall–Kier alpha value is -1.37. The second kappa shape index (κ2) is 5.09. The molecule has 0 radical (unpaired) electrons. The molecule has 3 N–H and O–H groups in total. The molecule has 0 aliphatic heterocycles. The van der Waals surface area contributed by atoms with Gasteiger partial charge in [0.1, 0.15) is 0 Å². The minimum atomic E-state index is -0.425. The summed E-state index contributed by atoms with van der Waals surface area (Å²) in [5, 5.41) is 11.1. The molecule has 18 heavy (non-hydrogen) atoms. The van der Waals surface area contributed by atoms with Crippen LogP contribution in [0.2, 0.25) is 10.0 Å². The predicted molar refractivity (Wildman–Crippen MR) is 73.5 cm³/mol. The van der Waals surface area contributed by atoms with Gasteiger partial charge in [-0.05, 0) is 24.6 Å². The van der Waals surface area contributed by atoms with E-state index in [1.54, 1.807) is 12.1 Å². The normalized spacial score (nSPS) is 10.4. The van der Waals surface area contributed by atoms with Crippen LogP contribution in [0.1, 0.15) is 15.4 Å². The molecule has 94 valence electrons. The first-order valence-electron chi connectivity index (χ1n) is 4.83. The van der Waals surface area contributed by atoms with Crippen LogP contribution in [0, 0.1) is 6.92 Å². The minimum absolute atomic E-state index is 0.167. The fourth-order valence-electron chi connectivity index (χ4n) is 1.24. The molecule has 8 heteroatoms. The highest BCUT2D eigenvalue weighted by molar-refractivity contribution is 7.17. The van der Waals surface area contributed by atoms with E-state index in [-0.39, 0.29) is 10.1 Å². The van der Waals surface area contributed by atoms with E-state index in [2.05, 4.69) is 15.5 Å². The topological polar surface area (TPSA) is 80.9 Å². The first-order chi connectivity index (χ1) is 8.47. The van der Waals surface area contributed by atoms with E-state index in [0.717, 1.165) is 16.9 Å². The number of nitrogens with two attached hydrogens (primary N) is 1. The molecular weight excluding hydrogens is 295 g/mol. The van der Waals surface area contributed by atoms with Crippen molar-refractivity contribution in [1.82, 2.24) is 10.2 Å². The van der Waals surface area contributed by atoms with Crippen molar-refractivity contribution >= 4 is 51.3 Å². The number of rotatable bonds is 2. The van der Waals surface area contributed by atoms with Crippen LogP contribution in [0.5, 0.6) is 0 Å². The van der Waals surface area contributed by atoms with Crippen LogP contribution in [0.3, 0.4) is 0 Å². The molecule has 0 saturated heterocycles. The van der Waals surface area contributed by atoms with Crippen LogP contribution in [0.15, 0.2) is 12.1 Å². The summed E-state index contributed by atoms with van der Waals surface area (Å²) in [5.74, 6) is -0.425. The minimum Gasteiger partial charge on any atom is -0.374 e. The van der Waals surface area contributed by atoms with Gasteiger partial charge in [0.05, 0.1) is 10.7 Å². The number of aryl methyl sites for hydroxylation is 1. The summed E-state index contributed by atoms with van der Waals surface area (Å²) in [6.07, 6.45) is 0. The molecule has 0 bridgehead atoms. The molecule has 2 rings (SSSR count). The van der Waals surface area contributed by atoms with Gasteiger partial charge in [-0.15, -0.1) is 10.2 Å². The van der Waals surface area contributed by atoms with Crippen LogP contribution >= 0.6 is 34.5 Å². The third kappa shape index (κ3) is 2.72. The molecule has 1 amide bonds. The fourth-order valence-corrected chi connectivity index (χ4v) is 2.18. The zero-order valence-electron chi connectivity index (χ0n) is 9.20. The molecule has 0 unspecified atom stereocenters. The highest BCUT2D eigenvalue weighted by Crippen LogP contribution is 2.29. The van der Waals surface area contributed by atoms with Crippen LogP contribution in [-0.4, -0.2) is 16.1 Å². The molecule has 0 spiro atoms. The van der Waals surface area contributed by atoms with Gasteiger partial charge < -0.3 is 11.1 Å². The van der Waals surface area contributed by atoms with Gasteiger partial charge in [-0.3, -0.25) is 4.79 Å². The number of benzene rings is 1. The number of anilines is 2. The molecule has 5 nitrogen and oxygen atoms in total. The molecule has 1 aromatic carbocycles. The lowest BCUT2D eigenvalue weighted by Gasteiger charge is -2.07. The van der Waals surface area contributed by atoms with E-state index in [0.29, 0.717) is 15.7 Å². The zero-order valence-corrected chi connectivity index (χ0v) is 11.5. The first-order valence-corrected chi connectivity index (χ1v) is 6.40. The van der Waals surface area contributed by atoms with Crippen molar-refractivity contribution in [3.63, 3.8) is 0 Å². The van der Waals surface area contributed by atoms with Crippen molar-refractivity contribution in [2.45, 2.75) is 6.92 Å². The molecule has 1 heterocycles. The molecular formula is C10H8Cl2N4OS. The van der Waals surface area contributed by atoms with Gasteiger partial charge in [-0.2, -0.15) is 0 Å². The maximum Gasteiger partial charge on any atom is 0.286 e. The average Bonchev–Trinajstić information content (AvgIpc) is 2.73. The van der Waals surface area contributed by atoms with Crippen LogP contribution in [0.4, 0.5) is 10.8 Å². The molecule has 0 aliphatic rings.